The summed E-state index contributed by atoms with van der Waals surface area (Å²) in [7, 11) is 0. The van der Waals surface area contributed by atoms with Crippen LogP contribution in [0.15, 0.2) is 0 Å². The molecule has 0 aromatic rings. The van der Waals surface area contributed by atoms with E-state index in [2.05, 4.69) is 17.6 Å². The van der Waals surface area contributed by atoms with Crippen molar-refractivity contribution in [2.75, 3.05) is 13.1 Å². The number of hydrogen-bond acceptors (Lipinski definition) is 3. The minimum Gasteiger partial charge on any atom is -0.393 e. The lowest BCUT2D eigenvalue weighted by Gasteiger charge is -2.30. The molecule has 2 rings (SSSR count). The van der Waals surface area contributed by atoms with Gasteiger partial charge in [0, 0.05) is 6.54 Å². The minimum atomic E-state index is -0.159. The van der Waals surface area contributed by atoms with Crippen LogP contribution in [0, 0.1) is 11.8 Å². The van der Waals surface area contributed by atoms with Gasteiger partial charge in [-0.2, -0.15) is 0 Å². The van der Waals surface area contributed by atoms with Crippen LogP contribution in [0.2, 0.25) is 0 Å². The number of carbonyl (C=O) groups is 1. The molecule has 110 valence electrons. The van der Waals surface area contributed by atoms with Crippen molar-refractivity contribution in [3.63, 3.8) is 0 Å². The topological polar surface area (TPSA) is 61.4 Å². The van der Waals surface area contributed by atoms with Gasteiger partial charge in [0.1, 0.15) is 0 Å². The molecule has 1 saturated heterocycles. The Morgan fingerprint density at radius 2 is 2.11 bits per heavy atom. The van der Waals surface area contributed by atoms with Crippen molar-refractivity contribution in [2.24, 2.45) is 11.8 Å². The Bertz CT molecular complexity index is 296. The molecule has 1 aliphatic carbocycles. The Hall–Kier alpha value is -0.610. The molecule has 4 unspecified atom stereocenters. The van der Waals surface area contributed by atoms with E-state index < -0.39 is 0 Å². The van der Waals surface area contributed by atoms with Gasteiger partial charge in [-0.15, -0.1) is 0 Å². The second-order valence-corrected chi connectivity index (χ2v) is 6.24. The van der Waals surface area contributed by atoms with Gasteiger partial charge in [0.05, 0.1) is 12.1 Å². The van der Waals surface area contributed by atoms with Crippen LogP contribution in [0.5, 0.6) is 0 Å². The van der Waals surface area contributed by atoms with Crippen molar-refractivity contribution in [1.29, 1.82) is 0 Å². The first-order chi connectivity index (χ1) is 9.19. The van der Waals surface area contributed by atoms with Gasteiger partial charge in [-0.3, -0.25) is 4.79 Å². The Labute approximate surface area is 116 Å². The SMILES string of the molecule is CCC1CCNC(C(=O)NCC2CCCC(O)C2)C1. The first-order valence-corrected chi connectivity index (χ1v) is 7.88. The van der Waals surface area contributed by atoms with Crippen LogP contribution >= 0.6 is 0 Å². The van der Waals surface area contributed by atoms with E-state index in [1.165, 1.54) is 12.8 Å². The molecule has 0 radical (unpaired) electrons. The summed E-state index contributed by atoms with van der Waals surface area (Å²) >= 11 is 0. The van der Waals surface area contributed by atoms with Gasteiger partial charge in [-0.25, -0.2) is 0 Å². The van der Waals surface area contributed by atoms with Crippen molar-refractivity contribution < 1.29 is 9.90 Å². The smallest absolute Gasteiger partial charge is 0.237 e. The summed E-state index contributed by atoms with van der Waals surface area (Å²) in [6.07, 6.45) is 7.15. The van der Waals surface area contributed by atoms with E-state index >= 15 is 0 Å². The van der Waals surface area contributed by atoms with E-state index in [0.29, 0.717) is 11.8 Å². The molecule has 4 atom stereocenters. The van der Waals surface area contributed by atoms with Crippen molar-refractivity contribution in [2.45, 2.75) is 64.0 Å². The molecule has 1 heterocycles. The number of carbonyl (C=O) groups excluding carboxylic acids is 1. The number of amides is 1. The van der Waals surface area contributed by atoms with Crippen LogP contribution in [-0.2, 0) is 4.79 Å². The van der Waals surface area contributed by atoms with Gasteiger partial charge in [0.25, 0.3) is 0 Å². The lowest BCUT2D eigenvalue weighted by Crippen LogP contribution is -2.49. The summed E-state index contributed by atoms with van der Waals surface area (Å²) in [5, 5.41) is 16.0. The Balaban J connectivity index is 1.71. The van der Waals surface area contributed by atoms with Gasteiger partial charge in [-0.1, -0.05) is 19.8 Å². The highest BCUT2D eigenvalue weighted by Crippen LogP contribution is 2.24. The third kappa shape index (κ3) is 4.46. The molecule has 1 saturated carbocycles. The molecule has 2 aliphatic rings. The first kappa shape index (κ1) is 14.8. The van der Waals surface area contributed by atoms with Crippen LogP contribution in [0.1, 0.15) is 51.9 Å². The zero-order chi connectivity index (χ0) is 13.7. The molecule has 4 nitrogen and oxygen atoms in total. The monoisotopic (exact) mass is 268 g/mol. The molecule has 1 amide bonds. The summed E-state index contributed by atoms with van der Waals surface area (Å²) in [6, 6.07) is -0.00721. The van der Waals surface area contributed by atoms with Crippen LogP contribution in [0.3, 0.4) is 0 Å². The summed E-state index contributed by atoms with van der Waals surface area (Å²) in [5.41, 5.74) is 0. The van der Waals surface area contributed by atoms with Crippen molar-refractivity contribution in [3.8, 4) is 0 Å². The second-order valence-electron chi connectivity index (χ2n) is 6.24. The highest BCUT2D eigenvalue weighted by molar-refractivity contribution is 5.81. The molecule has 1 aliphatic heterocycles. The lowest BCUT2D eigenvalue weighted by atomic mass is 9.87. The highest BCUT2D eigenvalue weighted by Gasteiger charge is 2.27. The predicted molar refractivity (Wildman–Crippen MR) is 75.8 cm³/mol. The van der Waals surface area contributed by atoms with Crippen LogP contribution in [0.4, 0.5) is 0 Å². The fourth-order valence-electron chi connectivity index (χ4n) is 3.38. The van der Waals surface area contributed by atoms with Gasteiger partial charge in [-0.05, 0) is 50.5 Å². The molecule has 0 spiro atoms. The zero-order valence-electron chi connectivity index (χ0n) is 12.0. The molecule has 0 bridgehead atoms. The molecular formula is C15H28N2O2. The summed E-state index contributed by atoms with van der Waals surface area (Å²) in [6.45, 7) is 3.89. The largest absolute Gasteiger partial charge is 0.393 e. The van der Waals surface area contributed by atoms with E-state index in [1.54, 1.807) is 0 Å². The Kier molecular flexibility index (Phi) is 5.64. The van der Waals surface area contributed by atoms with Crippen LogP contribution in [-0.4, -0.2) is 36.2 Å². The van der Waals surface area contributed by atoms with E-state index in [4.69, 9.17) is 0 Å². The maximum Gasteiger partial charge on any atom is 0.237 e. The normalized spacial score (nSPS) is 35.9. The average molecular weight is 268 g/mol. The Morgan fingerprint density at radius 1 is 1.26 bits per heavy atom. The quantitative estimate of drug-likeness (QED) is 0.723. The highest BCUT2D eigenvalue weighted by atomic mass is 16.3. The summed E-state index contributed by atoms with van der Waals surface area (Å²) < 4.78 is 0. The standard InChI is InChI=1S/C15H28N2O2/c1-2-11-6-7-16-14(9-11)15(19)17-10-12-4-3-5-13(18)8-12/h11-14,16,18H,2-10H2,1H3,(H,17,19). The van der Waals surface area contributed by atoms with E-state index in [0.717, 1.165) is 45.2 Å². The van der Waals surface area contributed by atoms with Crippen LogP contribution in [0.25, 0.3) is 0 Å². The maximum absolute atomic E-state index is 12.1. The molecule has 3 N–H and O–H groups in total. The number of nitrogens with one attached hydrogen (secondary N) is 2. The van der Waals surface area contributed by atoms with Crippen molar-refractivity contribution >= 4 is 5.91 Å². The lowest BCUT2D eigenvalue weighted by molar-refractivity contribution is -0.124. The van der Waals surface area contributed by atoms with Gasteiger partial charge >= 0.3 is 0 Å². The van der Waals surface area contributed by atoms with E-state index in [-0.39, 0.29) is 18.1 Å². The molecule has 0 aromatic carbocycles. The average Bonchev–Trinajstić information content (AvgIpc) is 2.45. The van der Waals surface area contributed by atoms with Gasteiger partial charge < -0.3 is 15.7 Å². The fraction of sp³-hybridized carbons (Fsp3) is 0.933. The number of aliphatic hydroxyl groups excluding tert-OH is 1. The van der Waals surface area contributed by atoms with Gasteiger partial charge in [0.2, 0.25) is 5.91 Å². The molecule has 19 heavy (non-hydrogen) atoms. The summed E-state index contributed by atoms with van der Waals surface area (Å²) in [4.78, 5) is 12.1. The van der Waals surface area contributed by atoms with Crippen LogP contribution < -0.4 is 10.6 Å². The maximum atomic E-state index is 12.1. The predicted octanol–water partition coefficient (Wildman–Crippen LogP) is 1.43. The van der Waals surface area contributed by atoms with Gasteiger partial charge in [0.15, 0.2) is 0 Å². The molecule has 4 heteroatoms. The second kappa shape index (κ2) is 7.25. The third-order valence-electron chi connectivity index (χ3n) is 4.73. The van der Waals surface area contributed by atoms with E-state index in [9.17, 15) is 9.90 Å². The molecule has 0 aromatic heterocycles. The zero-order valence-corrected chi connectivity index (χ0v) is 12.0. The fourth-order valence-corrected chi connectivity index (χ4v) is 3.38. The molecular weight excluding hydrogens is 240 g/mol. The number of rotatable bonds is 4. The third-order valence-corrected chi connectivity index (χ3v) is 4.73. The minimum absolute atomic E-state index is 0.00721. The first-order valence-electron chi connectivity index (χ1n) is 7.88. The Morgan fingerprint density at radius 3 is 2.84 bits per heavy atom. The van der Waals surface area contributed by atoms with E-state index in [1.807, 2.05) is 0 Å². The molecule has 2 fully saturated rings. The number of aliphatic hydroxyl groups is 1. The number of piperidine rings is 1. The number of hydrogen-bond donors (Lipinski definition) is 3. The summed E-state index contributed by atoms with van der Waals surface area (Å²) in [5.74, 6) is 1.30. The van der Waals surface area contributed by atoms with Crippen molar-refractivity contribution in [1.82, 2.24) is 10.6 Å². The van der Waals surface area contributed by atoms with Crippen molar-refractivity contribution in [3.05, 3.63) is 0 Å².